The first kappa shape index (κ1) is 21.8. The number of benzene rings is 2. The molecule has 1 amide bonds. The Balaban J connectivity index is 1.39. The van der Waals surface area contributed by atoms with Gasteiger partial charge >= 0.3 is 0 Å². The zero-order valence-electron chi connectivity index (χ0n) is 19.4. The van der Waals surface area contributed by atoms with Crippen molar-refractivity contribution in [3.8, 4) is 16.9 Å². The van der Waals surface area contributed by atoms with Gasteiger partial charge in [0, 0.05) is 31.2 Å². The molecule has 0 aliphatic carbocycles. The van der Waals surface area contributed by atoms with Gasteiger partial charge in [0.05, 0.1) is 41.7 Å². The normalized spacial score (nSPS) is 16.4. The first-order valence-corrected chi connectivity index (χ1v) is 11.5. The molecule has 2 aromatic carbocycles. The van der Waals surface area contributed by atoms with Crippen LogP contribution < -0.4 is 4.90 Å². The van der Waals surface area contributed by atoms with E-state index in [2.05, 4.69) is 27.0 Å². The maximum Gasteiger partial charge on any atom is 0.256 e. The van der Waals surface area contributed by atoms with Gasteiger partial charge in [-0.15, -0.1) is 0 Å². The van der Waals surface area contributed by atoms with E-state index >= 15 is 0 Å². The molecule has 0 bridgehead atoms. The Hall–Kier alpha value is -4.07. The van der Waals surface area contributed by atoms with Crippen molar-refractivity contribution >= 4 is 11.7 Å². The molecule has 1 atom stereocenters. The summed E-state index contributed by atoms with van der Waals surface area (Å²) in [5.74, 6) is 0.828. The quantitative estimate of drug-likeness (QED) is 0.468. The number of rotatable bonds is 4. The lowest BCUT2D eigenvalue weighted by atomic mass is 10.1. The molecule has 0 saturated carbocycles. The second-order valence-corrected chi connectivity index (χ2v) is 8.61. The molecule has 0 spiro atoms. The fourth-order valence-corrected chi connectivity index (χ4v) is 4.42. The highest BCUT2D eigenvalue weighted by Gasteiger charge is 2.29. The minimum absolute atomic E-state index is 0.00359. The van der Waals surface area contributed by atoms with E-state index in [0.29, 0.717) is 24.3 Å². The van der Waals surface area contributed by atoms with Gasteiger partial charge in [-0.3, -0.25) is 9.78 Å². The number of carbonyl (C=O) groups excluding carboxylic acids is 1. The van der Waals surface area contributed by atoms with Gasteiger partial charge < -0.3 is 9.80 Å². The van der Waals surface area contributed by atoms with Crippen molar-refractivity contribution in [2.24, 2.45) is 0 Å². The van der Waals surface area contributed by atoms with E-state index in [-0.39, 0.29) is 11.9 Å². The Bertz CT molecular complexity index is 1270. The first-order chi connectivity index (χ1) is 16.6. The number of amides is 1. The summed E-state index contributed by atoms with van der Waals surface area (Å²) in [7, 11) is 0. The molecule has 8 nitrogen and oxygen atoms in total. The fraction of sp³-hybridized carbons (Fsp3) is 0.269. The smallest absolute Gasteiger partial charge is 0.256 e. The molecule has 4 aromatic rings. The average Bonchev–Trinajstić information content (AvgIpc) is 3.33. The van der Waals surface area contributed by atoms with Crippen LogP contribution in [0.15, 0.2) is 73.3 Å². The highest BCUT2D eigenvalue weighted by atomic mass is 16.2. The summed E-state index contributed by atoms with van der Waals surface area (Å²) < 4.78 is 0. The van der Waals surface area contributed by atoms with E-state index < -0.39 is 0 Å². The Labute approximate surface area is 198 Å². The van der Waals surface area contributed by atoms with Crippen LogP contribution in [0, 0.1) is 6.92 Å². The molecule has 34 heavy (non-hydrogen) atoms. The Morgan fingerprint density at radius 2 is 1.79 bits per heavy atom. The predicted octanol–water partition coefficient (Wildman–Crippen LogP) is 3.77. The highest BCUT2D eigenvalue weighted by molar-refractivity contribution is 5.98. The zero-order valence-corrected chi connectivity index (χ0v) is 19.4. The van der Waals surface area contributed by atoms with Gasteiger partial charge in [-0.05, 0) is 32.4 Å². The zero-order chi connectivity index (χ0) is 23.5. The Morgan fingerprint density at radius 1 is 1.00 bits per heavy atom. The minimum Gasteiger partial charge on any atom is -0.353 e. The lowest BCUT2D eigenvalue weighted by Crippen LogP contribution is -2.43. The molecular weight excluding hydrogens is 426 g/mol. The second-order valence-electron chi connectivity index (χ2n) is 8.61. The van der Waals surface area contributed by atoms with Crippen LogP contribution in [0.5, 0.6) is 0 Å². The van der Waals surface area contributed by atoms with Gasteiger partial charge in [-0.25, -0.2) is 4.98 Å². The number of aromatic nitrogens is 5. The average molecular weight is 454 g/mol. The molecule has 3 heterocycles. The molecule has 0 radical (unpaired) electrons. The van der Waals surface area contributed by atoms with Gasteiger partial charge in [0.15, 0.2) is 0 Å². The van der Waals surface area contributed by atoms with Gasteiger partial charge in [-0.2, -0.15) is 15.0 Å². The molecule has 172 valence electrons. The third-order valence-corrected chi connectivity index (χ3v) is 6.14. The summed E-state index contributed by atoms with van der Waals surface area (Å²) in [4.78, 5) is 28.7. The van der Waals surface area contributed by atoms with Gasteiger partial charge in [0.1, 0.15) is 5.82 Å². The van der Waals surface area contributed by atoms with Crippen LogP contribution in [-0.4, -0.2) is 61.4 Å². The van der Waals surface area contributed by atoms with E-state index in [0.717, 1.165) is 35.6 Å². The summed E-state index contributed by atoms with van der Waals surface area (Å²) in [5, 5.41) is 8.48. The van der Waals surface area contributed by atoms with Crippen molar-refractivity contribution in [2.75, 3.05) is 24.5 Å². The van der Waals surface area contributed by atoms with E-state index in [1.807, 2.05) is 60.4 Å². The molecular formula is C26H27N7O. The molecule has 5 rings (SSSR count). The number of anilines is 1. The van der Waals surface area contributed by atoms with Gasteiger partial charge in [-0.1, -0.05) is 42.0 Å². The third kappa shape index (κ3) is 4.39. The number of carbonyl (C=O) groups is 1. The van der Waals surface area contributed by atoms with Crippen molar-refractivity contribution < 1.29 is 4.79 Å². The van der Waals surface area contributed by atoms with Crippen LogP contribution in [0.1, 0.15) is 29.3 Å². The third-order valence-electron chi connectivity index (χ3n) is 6.14. The number of nitrogens with zero attached hydrogens (tertiary/aromatic N) is 7. The molecule has 8 heteroatoms. The van der Waals surface area contributed by atoms with Crippen LogP contribution in [0.25, 0.3) is 16.9 Å². The summed E-state index contributed by atoms with van der Waals surface area (Å²) in [6.45, 7) is 6.24. The van der Waals surface area contributed by atoms with Crippen molar-refractivity contribution in [2.45, 2.75) is 26.3 Å². The topological polar surface area (TPSA) is 80.0 Å². The van der Waals surface area contributed by atoms with Crippen molar-refractivity contribution in [3.63, 3.8) is 0 Å². The summed E-state index contributed by atoms with van der Waals surface area (Å²) in [5.41, 5.74) is 4.21. The van der Waals surface area contributed by atoms with E-state index in [1.54, 1.807) is 24.8 Å². The van der Waals surface area contributed by atoms with Crippen LogP contribution in [0.3, 0.4) is 0 Å². The maximum atomic E-state index is 13.7. The number of aryl methyl sites for hydroxylation is 1. The predicted molar refractivity (Wildman–Crippen MR) is 131 cm³/mol. The fourth-order valence-electron chi connectivity index (χ4n) is 4.42. The van der Waals surface area contributed by atoms with Crippen molar-refractivity contribution in [1.82, 2.24) is 29.9 Å². The van der Waals surface area contributed by atoms with Crippen molar-refractivity contribution in [3.05, 3.63) is 84.4 Å². The van der Waals surface area contributed by atoms with Gasteiger partial charge in [0.2, 0.25) is 0 Å². The molecule has 1 saturated heterocycles. The van der Waals surface area contributed by atoms with Crippen LogP contribution in [0.2, 0.25) is 0 Å². The van der Waals surface area contributed by atoms with Crippen LogP contribution in [-0.2, 0) is 0 Å². The summed E-state index contributed by atoms with van der Waals surface area (Å²) >= 11 is 0. The lowest BCUT2D eigenvalue weighted by Gasteiger charge is -2.30. The monoisotopic (exact) mass is 453 g/mol. The number of hydrogen-bond donors (Lipinski definition) is 0. The SMILES string of the molecule is Cc1ccc(-n2nccn2)c(C(=O)N2CCCN(c3cncc(-c4ccccc4)n3)C[C@@H]2C)c1. The summed E-state index contributed by atoms with van der Waals surface area (Å²) in [6.07, 6.45) is 7.67. The van der Waals surface area contributed by atoms with Crippen LogP contribution in [0.4, 0.5) is 5.82 Å². The second kappa shape index (κ2) is 9.43. The standard InChI is InChI=1S/C26H27N7O/c1-19-9-10-24(33-28-11-12-29-33)22(15-19)26(34)32-14-6-13-31(18-20(32)2)25-17-27-16-23(30-25)21-7-4-3-5-8-21/h3-5,7-12,15-17,20H,6,13-14,18H2,1-2H3/t20-/m0/s1. The van der Waals surface area contributed by atoms with E-state index in [1.165, 1.54) is 4.80 Å². The molecule has 0 unspecified atom stereocenters. The largest absolute Gasteiger partial charge is 0.353 e. The maximum absolute atomic E-state index is 13.7. The Morgan fingerprint density at radius 3 is 2.59 bits per heavy atom. The molecule has 1 fully saturated rings. The molecule has 1 aliphatic heterocycles. The van der Waals surface area contributed by atoms with E-state index in [9.17, 15) is 4.79 Å². The lowest BCUT2D eigenvalue weighted by molar-refractivity contribution is 0.0708. The molecule has 1 aliphatic rings. The Kier molecular flexibility index (Phi) is 6.03. The summed E-state index contributed by atoms with van der Waals surface area (Å²) in [6, 6.07) is 15.9. The first-order valence-electron chi connectivity index (χ1n) is 11.5. The van der Waals surface area contributed by atoms with Gasteiger partial charge in [0.25, 0.3) is 5.91 Å². The molecule has 2 aromatic heterocycles. The highest BCUT2D eigenvalue weighted by Crippen LogP contribution is 2.24. The van der Waals surface area contributed by atoms with Crippen molar-refractivity contribution in [1.29, 1.82) is 0 Å². The van der Waals surface area contributed by atoms with Crippen LogP contribution >= 0.6 is 0 Å². The number of hydrogen-bond acceptors (Lipinski definition) is 6. The molecule has 0 N–H and O–H groups in total. The van der Waals surface area contributed by atoms with E-state index in [4.69, 9.17) is 4.98 Å². The minimum atomic E-state index is -0.00512.